The van der Waals surface area contributed by atoms with E-state index in [0.29, 0.717) is 17.2 Å². The Morgan fingerprint density at radius 1 is 1.44 bits per heavy atom. The van der Waals surface area contributed by atoms with Gasteiger partial charge in [-0.3, -0.25) is 4.79 Å². The van der Waals surface area contributed by atoms with Crippen molar-refractivity contribution < 1.29 is 4.79 Å². The summed E-state index contributed by atoms with van der Waals surface area (Å²) in [7, 11) is 0. The summed E-state index contributed by atoms with van der Waals surface area (Å²) in [5, 5.41) is 0. The van der Waals surface area contributed by atoms with Crippen molar-refractivity contribution in [2.45, 2.75) is 37.4 Å². The Bertz CT molecular complexity index is 419. The van der Waals surface area contributed by atoms with E-state index in [1.54, 1.807) is 0 Å². The van der Waals surface area contributed by atoms with Gasteiger partial charge in [-0.25, -0.2) is 0 Å². The van der Waals surface area contributed by atoms with E-state index in [0.717, 1.165) is 25.9 Å². The Morgan fingerprint density at radius 2 is 2.22 bits per heavy atom. The number of nitrogens with zero attached hydrogens (tertiary/aromatic N) is 1. The molecule has 2 nitrogen and oxygen atoms in total. The monoisotopic (exact) mass is 309 g/mol. The first kappa shape index (κ1) is 13.6. The minimum Gasteiger partial charge on any atom is -0.342 e. The summed E-state index contributed by atoms with van der Waals surface area (Å²) in [6.07, 6.45) is 3.78. The fourth-order valence-electron chi connectivity index (χ4n) is 2.44. The SMILES string of the molecule is Cc1ccccc1CCC(=O)N1CCCC(Br)C1. The number of rotatable bonds is 3. The number of carbonyl (C=O) groups is 1. The van der Waals surface area contributed by atoms with E-state index < -0.39 is 0 Å². The summed E-state index contributed by atoms with van der Waals surface area (Å²) < 4.78 is 0. The van der Waals surface area contributed by atoms with Gasteiger partial charge in [-0.1, -0.05) is 40.2 Å². The zero-order valence-corrected chi connectivity index (χ0v) is 12.4. The molecule has 1 aromatic rings. The number of amides is 1. The standard InChI is InChI=1S/C15H20BrNO/c1-12-5-2-3-6-13(12)8-9-15(18)17-10-4-7-14(16)11-17/h2-3,5-6,14H,4,7-11H2,1H3. The minimum atomic E-state index is 0.294. The van der Waals surface area contributed by atoms with Gasteiger partial charge in [0.05, 0.1) is 0 Å². The van der Waals surface area contributed by atoms with Crippen molar-refractivity contribution in [3.8, 4) is 0 Å². The number of halogens is 1. The van der Waals surface area contributed by atoms with Crippen LogP contribution in [0.15, 0.2) is 24.3 Å². The maximum atomic E-state index is 12.1. The molecule has 18 heavy (non-hydrogen) atoms. The number of benzene rings is 1. The van der Waals surface area contributed by atoms with Crippen molar-refractivity contribution in [3.05, 3.63) is 35.4 Å². The van der Waals surface area contributed by atoms with Crippen LogP contribution in [0.3, 0.4) is 0 Å². The Morgan fingerprint density at radius 3 is 2.94 bits per heavy atom. The molecule has 1 unspecified atom stereocenters. The Hall–Kier alpha value is -0.830. The highest BCUT2D eigenvalue weighted by molar-refractivity contribution is 9.09. The van der Waals surface area contributed by atoms with Crippen LogP contribution in [0.4, 0.5) is 0 Å². The largest absolute Gasteiger partial charge is 0.342 e. The molecule has 1 heterocycles. The molecule has 0 spiro atoms. The summed E-state index contributed by atoms with van der Waals surface area (Å²) in [5.41, 5.74) is 2.57. The molecule has 2 rings (SSSR count). The summed E-state index contributed by atoms with van der Waals surface area (Å²) in [4.78, 5) is 14.6. The lowest BCUT2D eigenvalue weighted by Crippen LogP contribution is -2.40. The number of carbonyl (C=O) groups excluding carboxylic acids is 1. The van der Waals surface area contributed by atoms with Gasteiger partial charge in [0, 0.05) is 24.3 Å². The van der Waals surface area contributed by atoms with Gasteiger partial charge in [0.1, 0.15) is 0 Å². The quantitative estimate of drug-likeness (QED) is 0.784. The molecule has 0 saturated carbocycles. The summed E-state index contributed by atoms with van der Waals surface area (Å²) >= 11 is 3.61. The fourth-order valence-corrected chi connectivity index (χ4v) is 3.12. The Labute approximate surface area is 117 Å². The molecule has 1 saturated heterocycles. The predicted octanol–water partition coefficient (Wildman–Crippen LogP) is 3.31. The van der Waals surface area contributed by atoms with Gasteiger partial charge in [0.15, 0.2) is 0 Å². The van der Waals surface area contributed by atoms with Crippen LogP contribution < -0.4 is 0 Å². The Kier molecular flexibility index (Phi) is 4.81. The lowest BCUT2D eigenvalue weighted by Gasteiger charge is -2.30. The maximum Gasteiger partial charge on any atom is 0.222 e. The smallest absolute Gasteiger partial charge is 0.222 e. The summed E-state index contributed by atoms with van der Waals surface area (Å²) in [6.45, 7) is 3.90. The molecule has 0 N–H and O–H groups in total. The van der Waals surface area contributed by atoms with E-state index in [4.69, 9.17) is 0 Å². The average Bonchev–Trinajstić information content (AvgIpc) is 2.37. The third-order valence-electron chi connectivity index (χ3n) is 3.59. The zero-order chi connectivity index (χ0) is 13.0. The van der Waals surface area contributed by atoms with Crippen LogP contribution in [0, 0.1) is 6.92 Å². The second kappa shape index (κ2) is 6.37. The highest BCUT2D eigenvalue weighted by Gasteiger charge is 2.21. The number of piperidine rings is 1. The number of likely N-dealkylation sites (tertiary alicyclic amines) is 1. The normalized spacial score (nSPS) is 19.9. The minimum absolute atomic E-state index is 0.294. The fraction of sp³-hybridized carbons (Fsp3) is 0.533. The molecule has 1 amide bonds. The molecule has 0 aliphatic carbocycles. The molecule has 1 aliphatic heterocycles. The van der Waals surface area contributed by atoms with Gasteiger partial charge in [0.25, 0.3) is 0 Å². The van der Waals surface area contributed by atoms with Gasteiger partial charge in [-0.2, -0.15) is 0 Å². The lowest BCUT2D eigenvalue weighted by atomic mass is 10.0. The van der Waals surface area contributed by atoms with Gasteiger partial charge >= 0.3 is 0 Å². The molecular weight excluding hydrogens is 290 g/mol. The van der Waals surface area contributed by atoms with Crippen LogP contribution in [0.5, 0.6) is 0 Å². The van der Waals surface area contributed by atoms with Crippen LogP contribution in [-0.4, -0.2) is 28.7 Å². The van der Waals surface area contributed by atoms with Crippen molar-refractivity contribution in [2.24, 2.45) is 0 Å². The van der Waals surface area contributed by atoms with Gasteiger partial charge < -0.3 is 4.90 Å². The van der Waals surface area contributed by atoms with Crippen molar-refractivity contribution in [1.29, 1.82) is 0 Å². The van der Waals surface area contributed by atoms with Crippen LogP contribution in [0.1, 0.15) is 30.4 Å². The van der Waals surface area contributed by atoms with E-state index in [2.05, 4.69) is 35.0 Å². The highest BCUT2D eigenvalue weighted by atomic mass is 79.9. The molecule has 1 aromatic carbocycles. The summed E-state index contributed by atoms with van der Waals surface area (Å²) in [6, 6.07) is 8.31. The van der Waals surface area contributed by atoms with Gasteiger partial charge in [-0.15, -0.1) is 0 Å². The zero-order valence-electron chi connectivity index (χ0n) is 10.9. The molecule has 1 fully saturated rings. The second-order valence-corrected chi connectivity index (χ2v) is 6.30. The number of hydrogen-bond acceptors (Lipinski definition) is 1. The lowest BCUT2D eigenvalue weighted by molar-refractivity contribution is -0.131. The molecule has 0 aromatic heterocycles. The van der Waals surface area contributed by atoms with Gasteiger partial charge in [0.2, 0.25) is 5.91 Å². The predicted molar refractivity (Wildman–Crippen MR) is 78.0 cm³/mol. The average molecular weight is 310 g/mol. The third-order valence-corrected chi connectivity index (χ3v) is 4.33. The van der Waals surface area contributed by atoms with E-state index >= 15 is 0 Å². The molecule has 0 bridgehead atoms. The van der Waals surface area contributed by atoms with Gasteiger partial charge in [-0.05, 0) is 37.3 Å². The third kappa shape index (κ3) is 3.58. The summed E-state index contributed by atoms with van der Waals surface area (Å²) in [5.74, 6) is 0.294. The van der Waals surface area contributed by atoms with E-state index in [-0.39, 0.29) is 0 Å². The number of hydrogen-bond donors (Lipinski definition) is 0. The maximum absolute atomic E-state index is 12.1. The topological polar surface area (TPSA) is 20.3 Å². The molecule has 1 atom stereocenters. The first-order valence-electron chi connectivity index (χ1n) is 6.63. The Balaban J connectivity index is 1.86. The van der Waals surface area contributed by atoms with Crippen LogP contribution in [0.2, 0.25) is 0 Å². The highest BCUT2D eigenvalue weighted by Crippen LogP contribution is 2.18. The number of aryl methyl sites for hydroxylation is 2. The molecule has 98 valence electrons. The van der Waals surface area contributed by atoms with Crippen molar-refractivity contribution >= 4 is 21.8 Å². The van der Waals surface area contributed by atoms with Crippen LogP contribution in [0.25, 0.3) is 0 Å². The van der Waals surface area contributed by atoms with E-state index in [1.165, 1.54) is 17.5 Å². The molecule has 3 heteroatoms. The second-order valence-electron chi connectivity index (χ2n) is 5.01. The number of alkyl halides is 1. The van der Waals surface area contributed by atoms with Crippen LogP contribution >= 0.6 is 15.9 Å². The first-order chi connectivity index (χ1) is 8.66. The van der Waals surface area contributed by atoms with E-state index in [9.17, 15) is 4.79 Å². The van der Waals surface area contributed by atoms with Crippen molar-refractivity contribution in [1.82, 2.24) is 4.90 Å². The molecule has 0 radical (unpaired) electrons. The first-order valence-corrected chi connectivity index (χ1v) is 7.55. The van der Waals surface area contributed by atoms with E-state index in [1.807, 2.05) is 17.0 Å². The molecule has 1 aliphatic rings. The molecular formula is C15H20BrNO. The van der Waals surface area contributed by atoms with Crippen molar-refractivity contribution in [3.63, 3.8) is 0 Å². The van der Waals surface area contributed by atoms with Crippen LogP contribution in [-0.2, 0) is 11.2 Å². The van der Waals surface area contributed by atoms with Crippen molar-refractivity contribution in [2.75, 3.05) is 13.1 Å².